The minimum atomic E-state index is 0.552. The first kappa shape index (κ1) is 6.51. The monoisotopic (exact) mass is 153 g/mol. The second-order valence-corrected chi connectivity index (χ2v) is 3.65. The van der Waals surface area contributed by atoms with E-state index in [4.69, 9.17) is 0 Å². The van der Waals surface area contributed by atoms with Crippen molar-refractivity contribution >= 4 is 17.4 Å². The second kappa shape index (κ2) is 2.44. The number of nitrogens with zero attached hydrogens (tertiary/aromatic N) is 1. The molecule has 0 spiro atoms. The van der Waals surface area contributed by atoms with Gasteiger partial charge in [-0.15, -0.1) is 0 Å². The SMILES string of the molecule is S=C=NC1CC2CC[C@H]1C2. The first-order chi connectivity index (χ1) is 4.90. The van der Waals surface area contributed by atoms with Crippen LogP contribution in [-0.2, 0) is 0 Å². The van der Waals surface area contributed by atoms with Gasteiger partial charge in [-0.05, 0) is 43.3 Å². The first-order valence-corrected chi connectivity index (χ1v) is 4.38. The number of fused-ring (bicyclic) bond motifs is 2. The molecule has 0 aromatic rings. The third kappa shape index (κ3) is 0.920. The van der Waals surface area contributed by atoms with Crippen molar-refractivity contribution < 1.29 is 0 Å². The minimum absolute atomic E-state index is 0.552. The maximum atomic E-state index is 4.59. The van der Waals surface area contributed by atoms with E-state index in [2.05, 4.69) is 22.4 Å². The zero-order valence-corrected chi connectivity index (χ0v) is 6.73. The summed E-state index contributed by atoms with van der Waals surface area (Å²) in [4.78, 5) is 4.17. The van der Waals surface area contributed by atoms with Crippen LogP contribution in [0.4, 0.5) is 0 Å². The van der Waals surface area contributed by atoms with Crippen LogP contribution in [0.25, 0.3) is 0 Å². The van der Waals surface area contributed by atoms with Crippen molar-refractivity contribution in [3.05, 3.63) is 0 Å². The van der Waals surface area contributed by atoms with Gasteiger partial charge in [-0.25, -0.2) is 4.99 Å². The second-order valence-electron chi connectivity index (χ2n) is 3.46. The summed E-state index contributed by atoms with van der Waals surface area (Å²) in [5.41, 5.74) is 0. The summed E-state index contributed by atoms with van der Waals surface area (Å²) in [5.74, 6) is 1.84. The van der Waals surface area contributed by atoms with E-state index in [0.29, 0.717) is 6.04 Å². The third-order valence-corrected chi connectivity index (χ3v) is 3.02. The molecule has 2 aliphatic carbocycles. The van der Waals surface area contributed by atoms with Gasteiger partial charge >= 0.3 is 0 Å². The summed E-state index contributed by atoms with van der Waals surface area (Å²) < 4.78 is 0. The molecule has 10 heavy (non-hydrogen) atoms. The van der Waals surface area contributed by atoms with Crippen molar-refractivity contribution in [3.8, 4) is 0 Å². The molecular formula is C8H11NS. The lowest BCUT2D eigenvalue weighted by atomic mass is 9.96. The molecule has 2 rings (SSSR count). The zero-order chi connectivity index (χ0) is 6.97. The molecule has 0 aromatic carbocycles. The first-order valence-electron chi connectivity index (χ1n) is 3.97. The van der Waals surface area contributed by atoms with Crippen LogP contribution in [0.15, 0.2) is 4.99 Å². The predicted octanol–water partition coefficient (Wildman–Crippen LogP) is 2.28. The fourth-order valence-electron chi connectivity index (χ4n) is 2.44. The van der Waals surface area contributed by atoms with Gasteiger partial charge in [0.15, 0.2) is 0 Å². The largest absolute Gasteiger partial charge is 0.229 e. The van der Waals surface area contributed by atoms with E-state index in [1.54, 1.807) is 0 Å². The van der Waals surface area contributed by atoms with Crippen molar-refractivity contribution in [2.75, 3.05) is 0 Å². The van der Waals surface area contributed by atoms with Crippen LogP contribution in [0.5, 0.6) is 0 Å². The van der Waals surface area contributed by atoms with E-state index in [1.165, 1.54) is 25.7 Å². The van der Waals surface area contributed by atoms with Gasteiger partial charge in [0.1, 0.15) is 0 Å². The van der Waals surface area contributed by atoms with Crippen molar-refractivity contribution in [1.82, 2.24) is 0 Å². The highest BCUT2D eigenvalue weighted by Crippen LogP contribution is 2.45. The van der Waals surface area contributed by atoms with Gasteiger partial charge in [0, 0.05) is 0 Å². The fraction of sp³-hybridized carbons (Fsp3) is 0.875. The standard InChI is InChI=1S/C8H11NS/c10-5-9-8-4-6-1-2-7(8)3-6/h6-8H,1-4H2/t6?,7-,8?/m0/s1. The van der Waals surface area contributed by atoms with Crippen LogP contribution < -0.4 is 0 Å². The predicted molar refractivity (Wildman–Crippen MR) is 44.3 cm³/mol. The smallest absolute Gasteiger partial charge is 0.0633 e. The van der Waals surface area contributed by atoms with E-state index in [-0.39, 0.29) is 0 Å². The molecule has 0 aliphatic heterocycles. The molecule has 2 aliphatic rings. The Hall–Kier alpha value is -0.200. The Bertz CT molecular complexity index is 184. The summed E-state index contributed by atoms with van der Waals surface area (Å²) in [5, 5.41) is 2.50. The Labute approximate surface area is 66.5 Å². The quantitative estimate of drug-likeness (QED) is 0.416. The molecule has 0 N–H and O–H groups in total. The van der Waals surface area contributed by atoms with E-state index >= 15 is 0 Å². The summed E-state index contributed by atoms with van der Waals surface area (Å²) in [7, 11) is 0. The number of thiocarbonyl (C=S) groups is 1. The van der Waals surface area contributed by atoms with E-state index in [1.807, 2.05) is 0 Å². The van der Waals surface area contributed by atoms with E-state index in [9.17, 15) is 0 Å². The van der Waals surface area contributed by atoms with Gasteiger partial charge in [-0.1, -0.05) is 6.42 Å². The number of isothiocyanates is 1. The average Bonchev–Trinajstić information content (AvgIpc) is 2.48. The lowest BCUT2D eigenvalue weighted by Gasteiger charge is -2.15. The summed E-state index contributed by atoms with van der Waals surface area (Å²) in [6, 6.07) is 0.552. The van der Waals surface area contributed by atoms with Gasteiger partial charge < -0.3 is 0 Å². The molecule has 2 fully saturated rings. The molecule has 1 nitrogen and oxygen atoms in total. The van der Waals surface area contributed by atoms with Crippen LogP contribution in [0.2, 0.25) is 0 Å². The Kier molecular flexibility index (Phi) is 1.59. The Morgan fingerprint density at radius 2 is 2.20 bits per heavy atom. The highest BCUT2D eigenvalue weighted by atomic mass is 32.1. The number of rotatable bonds is 1. The molecule has 0 heterocycles. The molecule has 2 heteroatoms. The van der Waals surface area contributed by atoms with Gasteiger partial charge in [0.25, 0.3) is 0 Å². The normalized spacial score (nSPS) is 43.4. The van der Waals surface area contributed by atoms with Crippen LogP contribution in [0.1, 0.15) is 25.7 Å². The highest BCUT2D eigenvalue weighted by molar-refractivity contribution is 7.78. The van der Waals surface area contributed by atoms with Crippen molar-refractivity contribution in [3.63, 3.8) is 0 Å². The van der Waals surface area contributed by atoms with Gasteiger partial charge in [-0.2, -0.15) is 0 Å². The van der Waals surface area contributed by atoms with Crippen molar-refractivity contribution in [1.29, 1.82) is 0 Å². The topological polar surface area (TPSA) is 12.4 Å². The van der Waals surface area contributed by atoms with E-state index < -0.39 is 0 Å². The van der Waals surface area contributed by atoms with Crippen LogP contribution in [0, 0.1) is 11.8 Å². The van der Waals surface area contributed by atoms with Crippen LogP contribution in [0.3, 0.4) is 0 Å². The lowest BCUT2D eigenvalue weighted by molar-refractivity contribution is 0.422. The Balaban J connectivity index is 2.08. The average molecular weight is 153 g/mol. The molecule has 3 atom stereocenters. The molecule has 2 saturated carbocycles. The minimum Gasteiger partial charge on any atom is -0.229 e. The van der Waals surface area contributed by atoms with Crippen molar-refractivity contribution in [2.24, 2.45) is 16.8 Å². The highest BCUT2D eigenvalue weighted by Gasteiger charge is 2.39. The molecule has 0 aromatic heterocycles. The third-order valence-electron chi connectivity index (χ3n) is 2.92. The maximum absolute atomic E-state index is 4.59. The molecule has 54 valence electrons. The summed E-state index contributed by atoms with van der Waals surface area (Å²) >= 11 is 4.59. The zero-order valence-electron chi connectivity index (χ0n) is 5.92. The molecular weight excluding hydrogens is 142 g/mol. The molecule has 2 bridgehead atoms. The van der Waals surface area contributed by atoms with Crippen LogP contribution >= 0.6 is 12.2 Å². The van der Waals surface area contributed by atoms with Gasteiger partial charge in [-0.3, -0.25) is 0 Å². The van der Waals surface area contributed by atoms with Crippen molar-refractivity contribution in [2.45, 2.75) is 31.7 Å². The fourth-order valence-corrected chi connectivity index (χ4v) is 2.57. The Morgan fingerprint density at radius 3 is 2.70 bits per heavy atom. The number of hydrogen-bond acceptors (Lipinski definition) is 2. The summed E-state index contributed by atoms with van der Waals surface area (Å²) in [6.45, 7) is 0. The van der Waals surface area contributed by atoms with E-state index in [0.717, 1.165) is 11.8 Å². The number of hydrogen-bond donors (Lipinski definition) is 0. The maximum Gasteiger partial charge on any atom is 0.0633 e. The molecule has 0 amide bonds. The lowest BCUT2D eigenvalue weighted by Crippen LogP contribution is -2.13. The molecule has 0 radical (unpaired) electrons. The molecule has 0 saturated heterocycles. The van der Waals surface area contributed by atoms with Gasteiger partial charge in [0.05, 0.1) is 11.2 Å². The number of aliphatic imine (C=N–C) groups is 1. The summed E-state index contributed by atoms with van der Waals surface area (Å²) in [6.07, 6.45) is 5.52. The van der Waals surface area contributed by atoms with Gasteiger partial charge in [0.2, 0.25) is 0 Å². The Morgan fingerprint density at radius 1 is 1.30 bits per heavy atom. The van der Waals surface area contributed by atoms with Crippen LogP contribution in [-0.4, -0.2) is 11.2 Å². The molecule has 2 unspecified atom stereocenters.